The number of ether oxygens (including phenoxy) is 1. The van der Waals surface area contributed by atoms with Gasteiger partial charge in [0.1, 0.15) is 0 Å². The van der Waals surface area contributed by atoms with Gasteiger partial charge in [-0.2, -0.15) is 0 Å². The fraction of sp³-hybridized carbons (Fsp3) is 0.893. The Balaban J connectivity index is 1.36. The SMILES string of the molecule is CCCCCCCCCC/C=C\C1C(CCCCCCCCCNC(C)=O)C=CC(CCCCC)C1CCCCCCCCNC(=O)NC1CCC(OC2CCC(NC)CC2)CC1. The summed E-state index contributed by atoms with van der Waals surface area (Å²) < 4.78 is 6.47. The smallest absolute Gasteiger partial charge is 0.315 e. The van der Waals surface area contributed by atoms with Crippen LogP contribution in [0.2, 0.25) is 0 Å². The predicted octanol–water partition coefficient (Wildman–Crippen LogP) is 14.8. The lowest BCUT2D eigenvalue weighted by Crippen LogP contribution is -2.45. The number of hydrogen-bond acceptors (Lipinski definition) is 4. The largest absolute Gasteiger partial charge is 0.375 e. The summed E-state index contributed by atoms with van der Waals surface area (Å²) in [7, 11) is 2.07. The van der Waals surface area contributed by atoms with E-state index in [1.807, 2.05) is 0 Å². The van der Waals surface area contributed by atoms with Crippen LogP contribution in [0.5, 0.6) is 0 Å². The van der Waals surface area contributed by atoms with Crippen LogP contribution in [-0.2, 0) is 9.53 Å². The monoisotopic (exact) mass is 881 g/mol. The van der Waals surface area contributed by atoms with Crippen molar-refractivity contribution >= 4 is 11.9 Å². The van der Waals surface area contributed by atoms with Gasteiger partial charge >= 0.3 is 6.03 Å². The molecule has 0 spiro atoms. The minimum atomic E-state index is 0.0195. The molecule has 63 heavy (non-hydrogen) atoms. The highest BCUT2D eigenvalue weighted by Crippen LogP contribution is 2.43. The fourth-order valence-corrected chi connectivity index (χ4v) is 11.1. The molecule has 4 atom stereocenters. The number of urea groups is 1. The van der Waals surface area contributed by atoms with Crippen LogP contribution in [0.15, 0.2) is 24.3 Å². The van der Waals surface area contributed by atoms with Crippen LogP contribution in [0.25, 0.3) is 0 Å². The topological polar surface area (TPSA) is 91.5 Å². The fourth-order valence-electron chi connectivity index (χ4n) is 11.1. The van der Waals surface area contributed by atoms with E-state index >= 15 is 0 Å². The van der Waals surface area contributed by atoms with Crippen molar-refractivity contribution in [3.05, 3.63) is 24.3 Å². The molecule has 2 fully saturated rings. The molecule has 0 radical (unpaired) electrons. The van der Waals surface area contributed by atoms with E-state index in [-0.39, 0.29) is 18.0 Å². The minimum absolute atomic E-state index is 0.0195. The highest BCUT2D eigenvalue weighted by atomic mass is 16.5. The molecule has 3 rings (SSSR count). The molecule has 4 N–H and O–H groups in total. The van der Waals surface area contributed by atoms with Crippen molar-refractivity contribution in [1.29, 1.82) is 0 Å². The highest BCUT2D eigenvalue weighted by Gasteiger charge is 2.34. The van der Waals surface area contributed by atoms with Crippen molar-refractivity contribution < 1.29 is 14.3 Å². The average Bonchev–Trinajstić information content (AvgIpc) is 3.28. The zero-order chi connectivity index (χ0) is 45.0. The summed E-state index contributed by atoms with van der Waals surface area (Å²) in [5.74, 6) is 2.99. The van der Waals surface area contributed by atoms with Crippen LogP contribution in [0.4, 0.5) is 4.79 Å². The molecule has 0 bridgehead atoms. The number of rotatable bonds is 37. The molecule has 3 amide bonds. The van der Waals surface area contributed by atoms with Crippen LogP contribution in [0.1, 0.15) is 252 Å². The molecule has 0 aromatic heterocycles. The van der Waals surface area contributed by atoms with Gasteiger partial charge in [0, 0.05) is 32.1 Å². The summed E-state index contributed by atoms with van der Waals surface area (Å²) in [6, 6.07) is 0.966. The summed E-state index contributed by atoms with van der Waals surface area (Å²) in [4.78, 5) is 23.8. The van der Waals surface area contributed by atoms with Crippen LogP contribution in [0, 0.1) is 23.7 Å². The van der Waals surface area contributed by atoms with Crippen molar-refractivity contribution in [2.75, 3.05) is 20.1 Å². The quantitative estimate of drug-likeness (QED) is 0.0369. The molecular weight excluding hydrogens is 777 g/mol. The summed E-state index contributed by atoms with van der Waals surface area (Å²) >= 11 is 0. The molecule has 7 heteroatoms. The Morgan fingerprint density at radius 2 is 1.00 bits per heavy atom. The molecule has 0 aliphatic heterocycles. The van der Waals surface area contributed by atoms with Crippen LogP contribution >= 0.6 is 0 Å². The Labute approximate surface area is 390 Å². The van der Waals surface area contributed by atoms with E-state index in [0.29, 0.717) is 30.1 Å². The minimum Gasteiger partial charge on any atom is -0.375 e. The van der Waals surface area contributed by atoms with Crippen molar-refractivity contribution in [1.82, 2.24) is 21.3 Å². The van der Waals surface area contributed by atoms with Gasteiger partial charge in [0.15, 0.2) is 0 Å². The zero-order valence-electron chi connectivity index (χ0n) is 42.0. The van der Waals surface area contributed by atoms with E-state index < -0.39 is 0 Å². The normalized spacial score (nSPS) is 25.1. The number of nitrogens with one attached hydrogen (secondary N) is 4. The third kappa shape index (κ3) is 26.8. The van der Waals surface area contributed by atoms with Crippen molar-refractivity contribution in [2.24, 2.45) is 23.7 Å². The first-order valence-electron chi connectivity index (χ1n) is 27.9. The second-order valence-electron chi connectivity index (χ2n) is 20.6. The van der Waals surface area contributed by atoms with Crippen molar-refractivity contribution in [2.45, 2.75) is 276 Å². The van der Waals surface area contributed by atoms with Crippen molar-refractivity contribution in [3.63, 3.8) is 0 Å². The van der Waals surface area contributed by atoms with E-state index in [1.54, 1.807) is 6.92 Å². The number of amides is 3. The average molecular weight is 881 g/mol. The highest BCUT2D eigenvalue weighted by molar-refractivity contribution is 5.74. The predicted molar refractivity (Wildman–Crippen MR) is 270 cm³/mol. The molecular formula is C56H104N4O3. The number of allylic oxidation sites excluding steroid dienone is 4. The Kier molecular flexibility index (Phi) is 32.8. The lowest BCUT2D eigenvalue weighted by Gasteiger charge is -2.39. The molecule has 0 aromatic carbocycles. The maximum Gasteiger partial charge on any atom is 0.315 e. The van der Waals surface area contributed by atoms with Crippen molar-refractivity contribution in [3.8, 4) is 0 Å². The maximum atomic E-state index is 12.7. The van der Waals surface area contributed by atoms with Gasteiger partial charge in [-0.1, -0.05) is 173 Å². The molecule has 0 heterocycles. The van der Waals surface area contributed by atoms with Gasteiger partial charge in [-0.3, -0.25) is 4.79 Å². The molecule has 2 saturated carbocycles. The van der Waals surface area contributed by atoms with Gasteiger partial charge in [-0.05, 0) is 127 Å². The van der Waals surface area contributed by atoms with E-state index in [4.69, 9.17) is 4.74 Å². The molecule has 0 aromatic rings. The molecule has 0 saturated heterocycles. The van der Waals surface area contributed by atoms with Crippen LogP contribution < -0.4 is 21.3 Å². The molecule has 3 aliphatic carbocycles. The first kappa shape index (κ1) is 55.5. The van der Waals surface area contributed by atoms with E-state index in [0.717, 1.165) is 63.5 Å². The number of carbonyl (C=O) groups excluding carboxylic acids is 2. The van der Waals surface area contributed by atoms with Crippen LogP contribution in [0.3, 0.4) is 0 Å². The second kappa shape index (κ2) is 37.3. The van der Waals surface area contributed by atoms with E-state index in [9.17, 15) is 9.59 Å². The zero-order valence-corrected chi connectivity index (χ0v) is 42.0. The molecule has 3 aliphatic rings. The van der Waals surface area contributed by atoms with Gasteiger partial charge in [-0.15, -0.1) is 0 Å². The van der Waals surface area contributed by atoms with Gasteiger partial charge in [0.25, 0.3) is 0 Å². The third-order valence-electron chi connectivity index (χ3n) is 15.2. The van der Waals surface area contributed by atoms with Crippen LogP contribution in [-0.4, -0.2) is 56.4 Å². The van der Waals surface area contributed by atoms with Gasteiger partial charge in [0.2, 0.25) is 5.91 Å². The molecule has 4 unspecified atom stereocenters. The lowest BCUT2D eigenvalue weighted by molar-refractivity contribution is -0.118. The first-order chi connectivity index (χ1) is 30.9. The van der Waals surface area contributed by atoms with Gasteiger partial charge in [-0.25, -0.2) is 4.79 Å². The molecule has 366 valence electrons. The Morgan fingerprint density at radius 3 is 1.59 bits per heavy atom. The van der Waals surface area contributed by atoms with E-state index in [1.165, 1.54) is 193 Å². The Morgan fingerprint density at radius 1 is 0.540 bits per heavy atom. The maximum absolute atomic E-state index is 12.7. The Bertz CT molecular complexity index is 1160. The summed E-state index contributed by atoms with van der Waals surface area (Å²) in [5, 5.41) is 12.8. The standard InChI is InChI=1S/C56H104N4O3/c1-5-7-9-10-11-12-13-16-21-27-34-55-49(32-26-20-15-14-18-23-29-45-58-47(3)61)36-35-48(31-25-8-6-2)54(55)33-28-22-17-19-24-30-46-59-56(62)60-51-39-43-53(44-40-51)63-52-41-37-50(57-4)38-42-52/h27,34-36,48-55,57H,5-26,28-33,37-46H2,1-4H3,(H,58,61)(H2,59,60,62)/b34-27-. The summed E-state index contributed by atoms with van der Waals surface area (Å²) in [6.45, 7) is 7.87. The Hall–Kier alpha value is -1.86. The first-order valence-corrected chi connectivity index (χ1v) is 27.9. The number of hydrogen-bond donors (Lipinski definition) is 4. The molecule has 7 nitrogen and oxygen atoms in total. The third-order valence-corrected chi connectivity index (χ3v) is 15.2. The number of unbranched alkanes of at least 4 members (excludes halogenated alkanes) is 21. The summed E-state index contributed by atoms with van der Waals surface area (Å²) in [5.41, 5.74) is 0. The second-order valence-corrected chi connectivity index (χ2v) is 20.6. The number of carbonyl (C=O) groups is 2. The summed E-state index contributed by atoms with van der Waals surface area (Å²) in [6.07, 6.45) is 57.5. The lowest BCUT2D eigenvalue weighted by atomic mass is 9.66. The van der Waals surface area contributed by atoms with Gasteiger partial charge < -0.3 is 26.0 Å². The van der Waals surface area contributed by atoms with E-state index in [2.05, 4.69) is 66.5 Å². The van der Waals surface area contributed by atoms with Gasteiger partial charge in [0.05, 0.1) is 12.2 Å².